The van der Waals surface area contributed by atoms with Crippen LogP contribution in [-0.4, -0.2) is 45.9 Å². The SMILES string of the molecule is O.O=C(O)C1(CO)CC2CCC(C1)O2.[Li+].[OH-]. The molecule has 0 aromatic carbocycles. The van der Waals surface area contributed by atoms with E-state index >= 15 is 0 Å². The third-order valence-corrected chi connectivity index (χ3v) is 3.19. The molecule has 0 aliphatic carbocycles. The molecule has 2 bridgehead atoms. The molecule has 6 nitrogen and oxygen atoms in total. The second-order valence-corrected chi connectivity index (χ2v) is 4.11. The number of carboxylic acid groups (broad SMARTS) is 1. The zero-order valence-corrected chi connectivity index (χ0v) is 9.35. The Labute approximate surface area is 106 Å². The van der Waals surface area contributed by atoms with Gasteiger partial charge in [0.05, 0.1) is 24.2 Å². The second-order valence-electron chi connectivity index (χ2n) is 4.11. The smallest absolute Gasteiger partial charge is 0.870 e. The van der Waals surface area contributed by atoms with Crippen LogP contribution in [0.15, 0.2) is 0 Å². The molecule has 16 heavy (non-hydrogen) atoms. The van der Waals surface area contributed by atoms with Crippen LogP contribution < -0.4 is 18.9 Å². The normalized spacial score (nSPS) is 35.3. The Balaban J connectivity index is 0. The molecule has 0 spiro atoms. The monoisotopic (exact) mass is 228 g/mol. The van der Waals surface area contributed by atoms with Gasteiger partial charge in [-0.25, -0.2) is 0 Å². The van der Waals surface area contributed by atoms with E-state index in [1.165, 1.54) is 0 Å². The van der Waals surface area contributed by atoms with Crippen molar-refractivity contribution in [1.29, 1.82) is 0 Å². The zero-order chi connectivity index (χ0) is 9.47. The van der Waals surface area contributed by atoms with Crippen molar-refractivity contribution in [2.24, 2.45) is 5.41 Å². The molecule has 90 valence electrons. The molecule has 2 fully saturated rings. The van der Waals surface area contributed by atoms with Crippen LogP contribution in [-0.2, 0) is 9.53 Å². The van der Waals surface area contributed by atoms with Gasteiger partial charge >= 0.3 is 24.8 Å². The van der Waals surface area contributed by atoms with Crippen LogP contribution in [0.5, 0.6) is 0 Å². The van der Waals surface area contributed by atoms with Gasteiger partial charge in [-0.1, -0.05) is 0 Å². The molecule has 2 saturated heterocycles. The molecular formula is C9H17LiO6. The van der Waals surface area contributed by atoms with Crippen LogP contribution in [0.2, 0.25) is 0 Å². The van der Waals surface area contributed by atoms with Crippen molar-refractivity contribution in [1.82, 2.24) is 0 Å². The fourth-order valence-electron chi connectivity index (χ4n) is 2.41. The van der Waals surface area contributed by atoms with Crippen LogP contribution in [0.1, 0.15) is 25.7 Å². The molecule has 0 saturated carbocycles. The average molecular weight is 228 g/mol. The Hall–Kier alpha value is -0.0926. The first-order chi connectivity index (χ1) is 6.16. The summed E-state index contributed by atoms with van der Waals surface area (Å²) >= 11 is 0. The number of aliphatic carboxylic acids is 1. The van der Waals surface area contributed by atoms with Crippen molar-refractivity contribution in [2.45, 2.75) is 37.9 Å². The minimum Gasteiger partial charge on any atom is -0.870 e. The van der Waals surface area contributed by atoms with Gasteiger partial charge in [0, 0.05) is 0 Å². The molecule has 2 atom stereocenters. The Morgan fingerprint density at radius 2 is 1.75 bits per heavy atom. The Morgan fingerprint density at radius 3 is 2.06 bits per heavy atom. The van der Waals surface area contributed by atoms with Gasteiger partial charge in [-0.15, -0.1) is 0 Å². The topological polar surface area (TPSA) is 128 Å². The summed E-state index contributed by atoms with van der Waals surface area (Å²) in [5, 5.41) is 18.2. The quantitative estimate of drug-likeness (QED) is 0.472. The third kappa shape index (κ3) is 2.97. The molecule has 2 unspecified atom stereocenters. The van der Waals surface area contributed by atoms with Crippen LogP contribution in [0.4, 0.5) is 0 Å². The van der Waals surface area contributed by atoms with E-state index in [9.17, 15) is 4.79 Å². The maximum Gasteiger partial charge on any atom is 1.00 e. The molecule has 2 heterocycles. The van der Waals surface area contributed by atoms with Crippen molar-refractivity contribution >= 4 is 5.97 Å². The Bertz CT molecular complexity index is 222. The van der Waals surface area contributed by atoms with E-state index in [-0.39, 0.29) is 48.6 Å². The van der Waals surface area contributed by atoms with Gasteiger partial charge in [-0.2, -0.15) is 0 Å². The van der Waals surface area contributed by atoms with Crippen LogP contribution >= 0.6 is 0 Å². The van der Waals surface area contributed by atoms with E-state index in [0.29, 0.717) is 12.8 Å². The number of fused-ring (bicyclic) bond motifs is 2. The van der Waals surface area contributed by atoms with Crippen molar-refractivity contribution in [2.75, 3.05) is 6.61 Å². The molecular weight excluding hydrogens is 211 g/mol. The van der Waals surface area contributed by atoms with E-state index in [4.69, 9.17) is 14.9 Å². The standard InChI is InChI=1S/C9H14O4.Li.2H2O/c10-5-9(8(11)12)3-6-1-2-7(4-9)13-6;;;/h6-7,10H,1-5H2,(H,11,12);;2*1H2/q;+1;;/p-1. The van der Waals surface area contributed by atoms with E-state index in [1.807, 2.05) is 0 Å². The summed E-state index contributed by atoms with van der Waals surface area (Å²) in [4.78, 5) is 11.0. The fourth-order valence-corrected chi connectivity index (χ4v) is 2.41. The summed E-state index contributed by atoms with van der Waals surface area (Å²) in [6, 6.07) is 0. The Morgan fingerprint density at radius 1 is 1.31 bits per heavy atom. The number of aliphatic hydroxyl groups excluding tert-OH is 1. The number of carbonyl (C=O) groups is 1. The fraction of sp³-hybridized carbons (Fsp3) is 0.889. The number of ether oxygens (including phenoxy) is 1. The Kier molecular flexibility index (Phi) is 7.54. The van der Waals surface area contributed by atoms with Crippen LogP contribution in [0, 0.1) is 5.41 Å². The maximum absolute atomic E-state index is 11.0. The van der Waals surface area contributed by atoms with Crippen molar-refractivity contribution < 1.29 is 49.6 Å². The summed E-state index contributed by atoms with van der Waals surface area (Å²) in [5.41, 5.74) is -0.927. The van der Waals surface area contributed by atoms with Gasteiger partial charge in [-0.3, -0.25) is 4.79 Å². The summed E-state index contributed by atoms with van der Waals surface area (Å²) < 4.78 is 5.53. The molecule has 0 aromatic heterocycles. The molecule has 0 radical (unpaired) electrons. The van der Waals surface area contributed by atoms with Gasteiger partial charge in [-0.05, 0) is 25.7 Å². The summed E-state index contributed by atoms with van der Waals surface area (Å²) in [5.74, 6) is -0.879. The molecule has 2 rings (SSSR count). The van der Waals surface area contributed by atoms with Crippen LogP contribution in [0.25, 0.3) is 0 Å². The van der Waals surface area contributed by atoms with Crippen molar-refractivity contribution in [3.8, 4) is 0 Å². The number of hydrogen-bond acceptors (Lipinski definition) is 4. The third-order valence-electron chi connectivity index (χ3n) is 3.19. The summed E-state index contributed by atoms with van der Waals surface area (Å²) in [6.45, 7) is -0.265. The minimum atomic E-state index is -0.927. The number of hydrogen-bond donors (Lipinski definition) is 2. The van der Waals surface area contributed by atoms with E-state index in [1.54, 1.807) is 0 Å². The number of carboxylic acids is 1. The number of rotatable bonds is 2. The average Bonchev–Trinajstić information content (AvgIpc) is 2.45. The van der Waals surface area contributed by atoms with Gasteiger partial charge in [0.15, 0.2) is 0 Å². The first-order valence-electron chi connectivity index (χ1n) is 4.66. The zero-order valence-electron chi connectivity index (χ0n) is 9.35. The van der Waals surface area contributed by atoms with Crippen molar-refractivity contribution in [3.63, 3.8) is 0 Å². The van der Waals surface area contributed by atoms with E-state index < -0.39 is 11.4 Å². The summed E-state index contributed by atoms with van der Waals surface area (Å²) in [7, 11) is 0. The van der Waals surface area contributed by atoms with Crippen LogP contribution in [0.3, 0.4) is 0 Å². The molecule has 0 amide bonds. The van der Waals surface area contributed by atoms with E-state index in [0.717, 1.165) is 12.8 Å². The molecule has 7 heteroatoms. The second kappa shape index (κ2) is 6.60. The summed E-state index contributed by atoms with van der Waals surface area (Å²) in [6.07, 6.45) is 2.94. The predicted molar refractivity (Wildman–Crippen MR) is 49.8 cm³/mol. The predicted octanol–water partition coefficient (Wildman–Crippen LogP) is -3.61. The number of aliphatic hydroxyl groups is 1. The van der Waals surface area contributed by atoms with Gasteiger partial charge in [0.2, 0.25) is 0 Å². The first-order valence-corrected chi connectivity index (χ1v) is 4.66. The minimum absolute atomic E-state index is 0. The van der Waals surface area contributed by atoms with Gasteiger partial charge < -0.3 is 25.9 Å². The molecule has 0 aromatic rings. The van der Waals surface area contributed by atoms with Gasteiger partial charge in [0.1, 0.15) is 0 Å². The molecule has 2 aliphatic heterocycles. The first kappa shape index (κ1) is 18.3. The van der Waals surface area contributed by atoms with Crippen molar-refractivity contribution in [3.05, 3.63) is 0 Å². The largest absolute Gasteiger partial charge is 1.00 e. The van der Waals surface area contributed by atoms with Gasteiger partial charge in [0.25, 0.3) is 0 Å². The molecule has 5 N–H and O–H groups in total. The molecule has 2 aliphatic rings. The maximum atomic E-state index is 11.0. The van der Waals surface area contributed by atoms with E-state index in [2.05, 4.69) is 0 Å².